The van der Waals surface area contributed by atoms with Crippen LogP contribution in [0.4, 0.5) is 0 Å². The van der Waals surface area contributed by atoms with E-state index in [1.165, 1.54) is 36.8 Å². The molecule has 0 heterocycles. The van der Waals surface area contributed by atoms with Crippen molar-refractivity contribution in [2.45, 2.75) is 38.6 Å². The molecule has 3 N–H and O–H groups in total. The number of hydrogen-bond acceptors (Lipinski definition) is 2. The number of benzene rings is 1. The SMILES string of the molecule is CCCc1ccc(C(NN)C2CC2)cc1. The van der Waals surface area contributed by atoms with Crippen molar-refractivity contribution < 1.29 is 0 Å². The van der Waals surface area contributed by atoms with Gasteiger partial charge in [-0.05, 0) is 36.3 Å². The summed E-state index contributed by atoms with van der Waals surface area (Å²) in [5.74, 6) is 6.35. The highest BCUT2D eigenvalue weighted by Gasteiger charge is 2.31. The monoisotopic (exact) mass is 204 g/mol. The Morgan fingerprint density at radius 2 is 2.00 bits per heavy atom. The Morgan fingerprint density at radius 1 is 1.33 bits per heavy atom. The molecule has 2 rings (SSSR count). The number of hydrazine groups is 1. The molecule has 1 fully saturated rings. The summed E-state index contributed by atoms with van der Waals surface area (Å²) in [6, 6.07) is 9.25. The van der Waals surface area contributed by atoms with Gasteiger partial charge in [0, 0.05) is 6.04 Å². The first-order chi connectivity index (χ1) is 7.35. The van der Waals surface area contributed by atoms with Gasteiger partial charge < -0.3 is 0 Å². The largest absolute Gasteiger partial charge is 0.271 e. The van der Waals surface area contributed by atoms with Crippen LogP contribution in [0.15, 0.2) is 24.3 Å². The van der Waals surface area contributed by atoms with Gasteiger partial charge in [-0.2, -0.15) is 0 Å². The smallest absolute Gasteiger partial charge is 0.0488 e. The zero-order valence-electron chi connectivity index (χ0n) is 9.37. The maximum atomic E-state index is 5.59. The molecule has 1 saturated carbocycles. The molecule has 0 spiro atoms. The molecule has 1 aromatic rings. The third kappa shape index (κ3) is 2.58. The lowest BCUT2D eigenvalue weighted by molar-refractivity contribution is 0.496. The van der Waals surface area contributed by atoms with E-state index >= 15 is 0 Å². The van der Waals surface area contributed by atoms with E-state index in [1.807, 2.05) is 0 Å². The van der Waals surface area contributed by atoms with Gasteiger partial charge in [0.05, 0.1) is 0 Å². The zero-order valence-corrected chi connectivity index (χ0v) is 9.37. The van der Waals surface area contributed by atoms with Gasteiger partial charge in [0.1, 0.15) is 0 Å². The summed E-state index contributed by atoms with van der Waals surface area (Å²) in [5, 5.41) is 0. The Kier molecular flexibility index (Phi) is 3.39. The Morgan fingerprint density at radius 3 is 2.47 bits per heavy atom. The van der Waals surface area contributed by atoms with Crippen molar-refractivity contribution in [2.24, 2.45) is 11.8 Å². The second kappa shape index (κ2) is 4.77. The summed E-state index contributed by atoms with van der Waals surface area (Å²) in [7, 11) is 0. The Balaban J connectivity index is 2.07. The molecule has 0 aromatic heterocycles. The molecule has 2 heteroatoms. The fourth-order valence-electron chi connectivity index (χ4n) is 2.11. The van der Waals surface area contributed by atoms with Gasteiger partial charge in [-0.3, -0.25) is 11.3 Å². The predicted octanol–water partition coefficient (Wildman–Crippen LogP) is 2.55. The molecular weight excluding hydrogens is 184 g/mol. The number of hydrogen-bond donors (Lipinski definition) is 2. The third-order valence-corrected chi connectivity index (χ3v) is 3.15. The highest BCUT2D eigenvalue weighted by molar-refractivity contribution is 5.26. The average molecular weight is 204 g/mol. The van der Waals surface area contributed by atoms with Crippen molar-refractivity contribution in [3.05, 3.63) is 35.4 Å². The number of rotatable bonds is 5. The number of aryl methyl sites for hydroxylation is 1. The molecule has 0 amide bonds. The van der Waals surface area contributed by atoms with Gasteiger partial charge in [0.25, 0.3) is 0 Å². The summed E-state index contributed by atoms with van der Waals surface area (Å²) in [6.45, 7) is 2.21. The normalized spacial score (nSPS) is 17.7. The Hall–Kier alpha value is -0.860. The molecule has 1 unspecified atom stereocenters. The lowest BCUT2D eigenvalue weighted by Gasteiger charge is -2.15. The van der Waals surface area contributed by atoms with Gasteiger partial charge in [0.2, 0.25) is 0 Å². The van der Waals surface area contributed by atoms with E-state index < -0.39 is 0 Å². The molecule has 0 saturated heterocycles. The molecule has 1 atom stereocenters. The minimum Gasteiger partial charge on any atom is -0.271 e. The van der Waals surface area contributed by atoms with Crippen LogP contribution < -0.4 is 11.3 Å². The summed E-state index contributed by atoms with van der Waals surface area (Å²) < 4.78 is 0. The minimum absolute atomic E-state index is 0.362. The highest BCUT2D eigenvalue weighted by atomic mass is 15.2. The first kappa shape index (κ1) is 10.7. The molecule has 1 aliphatic rings. The second-order valence-electron chi connectivity index (χ2n) is 4.47. The summed E-state index contributed by atoms with van der Waals surface area (Å²) in [4.78, 5) is 0. The maximum absolute atomic E-state index is 5.59. The van der Waals surface area contributed by atoms with Crippen molar-refractivity contribution >= 4 is 0 Å². The van der Waals surface area contributed by atoms with Crippen LogP contribution in [-0.4, -0.2) is 0 Å². The van der Waals surface area contributed by atoms with Crippen LogP contribution >= 0.6 is 0 Å². The van der Waals surface area contributed by atoms with Crippen molar-refractivity contribution in [3.63, 3.8) is 0 Å². The van der Waals surface area contributed by atoms with Gasteiger partial charge >= 0.3 is 0 Å². The molecule has 0 bridgehead atoms. The molecular formula is C13H20N2. The molecule has 0 aliphatic heterocycles. The molecule has 2 nitrogen and oxygen atoms in total. The van der Waals surface area contributed by atoms with Gasteiger partial charge in [-0.15, -0.1) is 0 Å². The predicted molar refractivity (Wildman–Crippen MR) is 63.2 cm³/mol. The number of nitrogens with two attached hydrogens (primary N) is 1. The van der Waals surface area contributed by atoms with E-state index in [9.17, 15) is 0 Å². The fourth-order valence-corrected chi connectivity index (χ4v) is 2.11. The van der Waals surface area contributed by atoms with Crippen LogP contribution in [0.25, 0.3) is 0 Å². The Bertz CT molecular complexity index is 301. The number of nitrogens with one attached hydrogen (secondary N) is 1. The van der Waals surface area contributed by atoms with Gasteiger partial charge in [-0.1, -0.05) is 37.6 Å². The molecule has 0 radical (unpaired) electrons. The molecule has 15 heavy (non-hydrogen) atoms. The maximum Gasteiger partial charge on any atom is 0.0488 e. The van der Waals surface area contributed by atoms with E-state index in [0.29, 0.717) is 6.04 Å². The lowest BCUT2D eigenvalue weighted by Crippen LogP contribution is -2.29. The zero-order chi connectivity index (χ0) is 10.7. The van der Waals surface area contributed by atoms with Crippen LogP contribution in [0.1, 0.15) is 43.4 Å². The van der Waals surface area contributed by atoms with Crippen LogP contribution in [0.2, 0.25) is 0 Å². The van der Waals surface area contributed by atoms with Crippen LogP contribution in [0.3, 0.4) is 0 Å². The molecule has 1 aliphatic carbocycles. The van der Waals surface area contributed by atoms with E-state index in [-0.39, 0.29) is 0 Å². The van der Waals surface area contributed by atoms with Crippen LogP contribution in [0, 0.1) is 5.92 Å². The van der Waals surface area contributed by atoms with E-state index in [4.69, 9.17) is 5.84 Å². The first-order valence-corrected chi connectivity index (χ1v) is 5.90. The summed E-state index contributed by atoms with van der Waals surface area (Å²) >= 11 is 0. The van der Waals surface area contributed by atoms with Gasteiger partial charge in [-0.25, -0.2) is 0 Å². The molecule has 82 valence electrons. The Labute approximate surface area is 91.8 Å². The first-order valence-electron chi connectivity index (χ1n) is 5.90. The third-order valence-electron chi connectivity index (χ3n) is 3.15. The van der Waals surface area contributed by atoms with Crippen molar-refractivity contribution in [1.82, 2.24) is 5.43 Å². The van der Waals surface area contributed by atoms with E-state index in [0.717, 1.165) is 5.92 Å². The fraction of sp³-hybridized carbons (Fsp3) is 0.538. The minimum atomic E-state index is 0.362. The topological polar surface area (TPSA) is 38.0 Å². The standard InChI is InChI=1S/C13H20N2/c1-2-3-10-4-6-11(7-5-10)13(15-14)12-8-9-12/h4-7,12-13,15H,2-3,8-9,14H2,1H3. The van der Waals surface area contributed by atoms with Crippen molar-refractivity contribution in [1.29, 1.82) is 0 Å². The lowest BCUT2D eigenvalue weighted by atomic mass is 10.0. The average Bonchev–Trinajstić information content (AvgIpc) is 3.06. The summed E-state index contributed by atoms with van der Waals surface area (Å²) in [6.07, 6.45) is 5.00. The van der Waals surface area contributed by atoms with Crippen LogP contribution in [0.5, 0.6) is 0 Å². The van der Waals surface area contributed by atoms with E-state index in [1.54, 1.807) is 0 Å². The van der Waals surface area contributed by atoms with E-state index in [2.05, 4.69) is 36.6 Å². The highest BCUT2D eigenvalue weighted by Crippen LogP contribution is 2.40. The van der Waals surface area contributed by atoms with Crippen molar-refractivity contribution in [3.8, 4) is 0 Å². The summed E-state index contributed by atoms with van der Waals surface area (Å²) in [5.41, 5.74) is 5.69. The van der Waals surface area contributed by atoms with Crippen LogP contribution in [-0.2, 0) is 6.42 Å². The van der Waals surface area contributed by atoms with Crippen molar-refractivity contribution in [2.75, 3.05) is 0 Å². The molecule has 1 aromatic carbocycles. The van der Waals surface area contributed by atoms with Gasteiger partial charge in [0.15, 0.2) is 0 Å². The quantitative estimate of drug-likeness (QED) is 0.571. The second-order valence-corrected chi connectivity index (χ2v) is 4.47.